The Morgan fingerprint density at radius 2 is 2.21 bits per heavy atom. The maximum Gasteiger partial charge on any atom is 0.163 e. The summed E-state index contributed by atoms with van der Waals surface area (Å²) in [6, 6.07) is 6.12. The van der Waals surface area contributed by atoms with Gasteiger partial charge in [0.15, 0.2) is 5.78 Å². The molecule has 0 saturated heterocycles. The number of rotatable bonds is 2. The highest BCUT2D eigenvalue weighted by Gasteiger charge is 2.18. The van der Waals surface area contributed by atoms with Crippen molar-refractivity contribution in [1.82, 2.24) is 0 Å². The number of halogens is 1. The predicted molar refractivity (Wildman–Crippen MR) is 61.9 cm³/mol. The first-order valence-electron chi connectivity index (χ1n) is 4.70. The van der Waals surface area contributed by atoms with Crippen molar-refractivity contribution in [2.24, 2.45) is 0 Å². The van der Waals surface area contributed by atoms with E-state index < -0.39 is 0 Å². The van der Waals surface area contributed by atoms with Crippen LogP contribution in [0.1, 0.15) is 27.9 Å². The molecule has 14 heavy (non-hydrogen) atoms. The van der Waals surface area contributed by atoms with Crippen LogP contribution in [0, 0.1) is 0 Å². The summed E-state index contributed by atoms with van der Waals surface area (Å²) in [7, 11) is 0. The molecule has 0 saturated carbocycles. The topological polar surface area (TPSA) is 17.1 Å². The number of hydrogen-bond acceptors (Lipinski definition) is 1. The van der Waals surface area contributed by atoms with Gasteiger partial charge >= 0.3 is 0 Å². The third-order valence-electron chi connectivity index (χ3n) is 2.46. The van der Waals surface area contributed by atoms with Gasteiger partial charge in [0, 0.05) is 17.3 Å². The van der Waals surface area contributed by atoms with Crippen LogP contribution >= 0.6 is 15.9 Å². The van der Waals surface area contributed by atoms with Crippen molar-refractivity contribution in [3.8, 4) is 0 Å². The lowest BCUT2D eigenvalue weighted by atomic mass is 10.1. The van der Waals surface area contributed by atoms with Gasteiger partial charge < -0.3 is 0 Å². The largest absolute Gasteiger partial charge is 0.294 e. The fourth-order valence-corrected chi connectivity index (χ4v) is 1.93. The third-order valence-corrected chi connectivity index (χ3v) is 2.83. The standard InChI is InChI=1S/C12H11BrO/c13-7-1-2-9-3-4-10-5-6-12(14)11(10)8-9/h1-4,8H,5-7H2. The van der Waals surface area contributed by atoms with Crippen molar-refractivity contribution in [3.63, 3.8) is 0 Å². The summed E-state index contributed by atoms with van der Waals surface area (Å²) in [5.41, 5.74) is 3.23. The van der Waals surface area contributed by atoms with Crippen LogP contribution in [-0.4, -0.2) is 11.1 Å². The zero-order valence-corrected chi connectivity index (χ0v) is 9.38. The van der Waals surface area contributed by atoms with Crippen molar-refractivity contribution in [1.29, 1.82) is 0 Å². The smallest absolute Gasteiger partial charge is 0.163 e. The van der Waals surface area contributed by atoms with Crippen molar-refractivity contribution in [2.45, 2.75) is 12.8 Å². The second-order valence-corrected chi connectivity index (χ2v) is 4.04. The Balaban J connectivity index is 2.35. The molecule has 0 aromatic heterocycles. The minimum atomic E-state index is 0.286. The SMILES string of the molecule is O=C1CCc2ccc(C=CCBr)cc21. The summed E-state index contributed by atoms with van der Waals surface area (Å²) in [5.74, 6) is 0.286. The monoisotopic (exact) mass is 250 g/mol. The van der Waals surface area contributed by atoms with Gasteiger partial charge in [0.25, 0.3) is 0 Å². The molecule has 1 aromatic rings. The maximum absolute atomic E-state index is 11.5. The van der Waals surface area contributed by atoms with E-state index in [1.807, 2.05) is 18.2 Å². The number of Topliss-reactive ketones (excluding diaryl/α,β-unsaturated/α-hetero) is 1. The van der Waals surface area contributed by atoms with E-state index in [0.717, 1.165) is 22.9 Å². The molecule has 0 atom stereocenters. The number of hydrogen-bond donors (Lipinski definition) is 0. The number of allylic oxidation sites excluding steroid dienone is 1. The second-order valence-electron chi connectivity index (χ2n) is 3.40. The van der Waals surface area contributed by atoms with Gasteiger partial charge in [0.2, 0.25) is 0 Å². The van der Waals surface area contributed by atoms with E-state index in [4.69, 9.17) is 0 Å². The van der Waals surface area contributed by atoms with Gasteiger partial charge in [-0.25, -0.2) is 0 Å². The van der Waals surface area contributed by atoms with Gasteiger partial charge in [-0.3, -0.25) is 4.79 Å². The number of benzene rings is 1. The normalized spacial score (nSPS) is 15.1. The lowest BCUT2D eigenvalue weighted by Gasteiger charge is -1.98. The predicted octanol–water partition coefficient (Wildman–Crippen LogP) is 3.22. The Morgan fingerprint density at radius 3 is 3.00 bits per heavy atom. The van der Waals surface area contributed by atoms with Gasteiger partial charge in [-0.2, -0.15) is 0 Å². The van der Waals surface area contributed by atoms with E-state index in [-0.39, 0.29) is 5.78 Å². The van der Waals surface area contributed by atoms with Crippen LogP contribution in [0.25, 0.3) is 6.08 Å². The zero-order chi connectivity index (χ0) is 9.97. The first-order chi connectivity index (χ1) is 6.81. The molecule has 2 rings (SSSR count). The molecule has 0 amide bonds. The fourth-order valence-electron chi connectivity index (χ4n) is 1.74. The molecule has 72 valence electrons. The van der Waals surface area contributed by atoms with E-state index >= 15 is 0 Å². The van der Waals surface area contributed by atoms with E-state index in [1.54, 1.807) is 0 Å². The van der Waals surface area contributed by atoms with Crippen LogP contribution in [0.2, 0.25) is 0 Å². The van der Waals surface area contributed by atoms with Gasteiger partial charge in [0.05, 0.1) is 0 Å². The van der Waals surface area contributed by atoms with E-state index in [2.05, 4.69) is 28.1 Å². The molecule has 1 aromatic carbocycles. The molecule has 0 N–H and O–H groups in total. The summed E-state index contributed by atoms with van der Waals surface area (Å²) in [6.45, 7) is 0. The Kier molecular flexibility index (Phi) is 2.82. The van der Waals surface area contributed by atoms with Crippen molar-refractivity contribution in [2.75, 3.05) is 5.33 Å². The van der Waals surface area contributed by atoms with Gasteiger partial charge in [-0.1, -0.05) is 40.2 Å². The molecule has 0 heterocycles. The highest BCUT2D eigenvalue weighted by atomic mass is 79.9. The molecule has 1 aliphatic rings. The molecule has 0 unspecified atom stereocenters. The quantitative estimate of drug-likeness (QED) is 0.737. The Labute approximate surface area is 92.0 Å². The Morgan fingerprint density at radius 1 is 1.36 bits per heavy atom. The molecule has 0 spiro atoms. The lowest BCUT2D eigenvalue weighted by molar-refractivity contribution is 0.0994. The lowest BCUT2D eigenvalue weighted by Crippen LogP contribution is -1.91. The van der Waals surface area contributed by atoms with E-state index in [9.17, 15) is 4.79 Å². The van der Waals surface area contributed by atoms with Gasteiger partial charge in [-0.05, 0) is 23.6 Å². The molecular weight excluding hydrogens is 240 g/mol. The molecule has 0 aliphatic heterocycles. The average molecular weight is 251 g/mol. The molecule has 0 bridgehead atoms. The van der Waals surface area contributed by atoms with Crippen LogP contribution in [-0.2, 0) is 6.42 Å². The van der Waals surface area contributed by atoms with Crippen LogP contribution in [0.5, 0.6) is 0 Å². The van der Waals surface area contributed by atoms with E-state index in [0.29, 0.717) is 6.42 Å². The number of ketones is 1. The number of alkyl halides is 1. The minimum Gasteiger partial charge on any atom is -0.294 e. The molecular formula is C12H11BrO. The van der Waals surface area contributed by atoms with Crippen LogP contribution in [0.3, 0.4) is 0 Å². The molecule has 1 nitrogen and oxygen atoms in total. The van der Waals surface area contributed by atoms with Crippen LogP contribution < -0.4 is 0 Å². The molecule has 2 heteroatoms. The third kappa shape index (κ3) is 1.80. The number of carbonyl (C=O) groups excluding carboxylic acids is 1. The Hall–Kier alpha value is -0.890. The summed E-state index contributed by atoms with van der Waals surface area (Å²) < 4.78 is 0. The van der Waals surface area contributed by atoms with Gasteiger partial charge in [0.1, 0.15) is 0 Å². The van der Waals surface area contributed by atoms with Crippen molar-refractivity contribution < 1.29 is 4.79 Å². The summed E-state index contributed by atoms with van der Waals surface area (Å²) >= 11 is 3.33. The zero-order valence-electron chi connectivity index (χ0n) is 7.79. The number of fused-ring (bicyclic) bond motifs is 1. The Bertz CT molecular complexity index is 393. The highest BCUT2D eigenvalue weighted by Crippen LogP contribution is 2.23. The summed E-state index contributed by atoms with van der Waals surface area (Å²) in [6.07, 6.45) is 5.65. The molecule has 0 fully saturated rings. The minimum absolute atomic E-state index is 0.286. The first kappa shape index (κ1) is 9.66. The number of aryl methyl sites for hydroxylation is 1. The van der Waals surface area contributed by atoms with E-state index in [1.165, 1.54) is 5.56 Å². The average Bonchev–Trinajstić information content (AvgIpc) is 2.57. The van der Waals surface area contributed by atoms with Crippen molar-refractivity contribution >= 4 is 27.8 Å². The van der Waals surface area contributed by atoms with Crippen LogP contribution in [0.4, 0.5) is 0 Å². The maximum atomic E-state index is 11.5. The summed E-state index contributed by atoms with van der Waals surface area (Å²) in [5, 5.41) is 0.845. The fraction of sp³-hybridized carbons (Fsp3) is 0.250. The van der Waals surface area contributed by atoms with Crippen molar-refractivity contribution in [3.05, 3.63) is 41.0 Å². The first-order valence-corrected chi connectivity index (χ1v) is 5.82. The summed E-state index contributed by atoms with van der Waals surface area (Å²) in [4.78, 5) is 11.5. The second kappa shape index (κ2) is 4.09. The molecule has 0 radical (unpaired) electrons. The highest BCUT2D eigenvalue weighted by molar-refractivity contribution is 9.09. The number of carbonyl (C=O) groups is 1. The van der Waals surface area contributed by atoms with Gasteiger partial charge in [-0.15, -0.1) is 0 Å². The molecule has 1 aliphatic carbocycles. The van der Waals surface area contributed by atoms with Crippen LogP contribution in [0.15, 0.2) is 24.3 Å².